The molecule has 0 aromatic carbocycles. The summed E-state index contributed by atoms with van der Waals surface area (Å²) in [7, 11) is 0. The van der Waals surface area contributed by atoms with Crippen LogP contribution in [0.2, 0.25) is 0 Å². The fourth-order valence-electron chi connectivity index (χ4n) is 2.31. The van der Waals surface area contributed by atoms with Crippen molar-refractivity contribution in [2.45, 2.75) is 32.2 Å². The molecule has 0 bridgehead atoms. The third-order valence-electron chi connectivity index (χ3n) is 3.37. The lowest BCUT2D eigenvalue weighted by Gasteiger charge is -2.31. The molecule has 19 heavy (non-hydrogen) atoms. The molecule has 0 spiro atoms. The van der Waals surface area contributed by atoms with Crippen LogP contribution < -0.4 is 16.8 Å². The number of hydrogen-bond acceptors (Lipinski definition) is 4. The highest BCUT2D eigenvalue weighted by Gasteiger charge is 2.26. The summed E-state index contributed by atoms with van der Waals surface area (Å²) >= 11 is 0. The van der Waals surface area contributed by atoms with Gasteiger partial charge < -0.3 is 21.7 Å². The van der Waals surface area contributed by atoms with Crippen LogP contribution in [0.15, 0.2) is 0 Å². The summed E-state index contributed by atoms with van der Waals surface area (Å²) in [5.41, 5.74) is 10.1. The summed E-state index contributed by atoms with van der Waals surface area (Å²) < 4.78 is 0. The van der Waals surface area contributed by atoms with E-state index in [9.17, 15) is 14.4 Å². The van der Waals surface area contributed by atoms with E-state index in [4.69, 9.17) is 11.5 Å². The Morgan fingerprint density at radius 3 is 2.26 bits per heavy atom. The second kappa shape index (κ2) is 7.08. The van der Waals surface area contributed by atoms with Crippen LogP contribution in [0, 0.1) is 5.92 Å². The molecule has 0 aromatic heterocycles. The Morgan fingerprint density at radius 1 is 1.21 bits per heavy atom. The maximum atomic E-state index is 12.1. The van der Waals surface area contributed by atoms with Gasteiger partial charge in [-0.25, -0.2) is 0 Å². The van der Waals surface area contributed by atoms with Crippen LogP contribution in [-0.4, -0.2) is 48.3 Å². The quantitative estimate of drug-likeness (QED) is 0.548. The van der Waals surface area contributed by atoms with E-state index in [1.165, 1.54) is 0 Å². The molecule has 1 heterocycles. The predicted octanol–water partition coefficient (Wildman–Crippen LogP) is -1.44. The molecule has 7 heteroatoms. The molecule has 5 N–H and O–H groups in total. The van der Waals surface area contributed by atoms with Gasteiger partial charge in [0.1, 0.15) is 0 Å². The molecular weight excluding hydrogens is 248 g/mol. The minimum atomic E-state index is -0.653. The average Bonchev–Trinajstić information content (AvgIpc) is 2.30. The van der Waals surface area contributed by atoms with Gasteiger partial charge in [-0.2, -0.15) is 0 Å². The van der Waals surface area contributed by atoms with Gasteiger partial charge in [-0.05, 0) is 25.3 Å². The van der Waals surface area contributed by atoms with Gasteiger partial charge in [0.05, 0.1) is 13.1 Å². The molecule has 1 aliphatic heterocycles. The molecule has 2 atom stereocenters. The van der Waals surface area contributed by atoms with Crippen molar-refractivity contribution in [1.29, 1.82) is 0 Å². The maximum absolute atomic E-state index is 12.1. The molecule has 2 unspecified atom stereocenters. The monoisotopic (exact) mass is 270 g/mol. The van der Waals surface area contributed by atoms with Crippen molar-refractivity contribution >= 4 is 17.7 Å². The van der Waals surface area contributed by atoms with Crippen molar-refractivity contribution in [3.63, 3.8) is 0 Å². The molecule has 0 radical (unpaired) electrons. The van der Waals surface area contributed by atoms with Crippen molar-refractivity contribution in [2.24, 2.45) is 17.4 Å². The van der Waals surface area contributed by atoms with Crippen LogP contribution in [0.5, 0.6) is 0 Å². The zero-order valence-corrected chi connectivity index (χ0v) is 11.2. The minimum absolute atomic E-state index is 0.0736. The van der Waals surface area contributed by atoms with Gasteiger partial charge in [-0.1, -0.05) is 6.92 Å². The second-order valence-electron chi connectivity index (χ2n) is 5.07. The SMILES string of the molecule is CC1CCCNC1CC(=O)N(CC(N)=O)CC(N)=O. The summed E-state index contributed by atoms with van der Waals surface area (Å²) in [5, 5.41) is 3.28. The third-order valence-corrected chi connectivity index (χ3v) is 3.37. The predicted molar refractivity (Wildman–Crippen MR) is 69.8 cm³/mol. The average molecular weight is 270 g/mol. The number of primary amides is 2. The van der Waals surface area contributed by atoms with Crippen molar-refractivity contribution in [3.05, 3.63) is 0 Å². The molecule has 3 amide bonds. The molecule has 108 valence electrons. The lowest BCUT2D eigenvalue weighted by atomic mass is 9.90. The fourth-order valence-corrected chi connectivity index (χ4v) is 2.31. The number of carbonyl (C=O) groups excluding carboxylic acids is 3. The van der Waals surface area contributed by atoms with Crippen LogP contribution in [0.4, 0.5) is 0 Å². The Morgan fingerprint density at radius 2 is 1.79 bits per heavy atom. The summed E-state index contributed by atoms with van der Waals surface area (Å²) in [4.78, 5) is 35.0. The smallest absolute Gasteiger partial charge is 0.237 e. The molecule has 0 aromatic rings. The van der Waals surface area contributed by atoms with Crippen LogP contribution in [-0.2, 0) is 14.4 Å². The van der Waals surface area contributed by atoms with Crippen LogP contribution in [0.3, 0.4) is 0 Å². The maximum Gasteiger partial charge on any atom is 0.237 e. The molecule has 7 nitrogen and oxygen atoms in total. The Labute approximate surface area is 112 Å². The lowest BCUT2D eigenvalue weighted by Crippen LogP contribution is -2.48. The van der Waals surface area contributed by atoms with E-state index in [1.807, 2.05) is 0 Å². The molecule has 0 saturated carbocycles. The largest absolute Gasteiger partial charge is 0.368 e. The van der Waals surface area contributed by atoms with E-state index >= 15 is 0 Å². The minimum Gasteiger partial charge on any atom is -0.368 e. The zero-order chi connectivity index (χ0) is 14.4. The first kappa shape index (κ1) is 15.4. The molecule has 1 fully saturated rings. The van der Waals surface area contributed by atoms with Gasteiger partial charge in [0.25, 0.3) is 0 Å². The Hall–Kier alpha value is -1.63. The highest BCUT2D eigenvalue weighted by atomic mass is 16.2. The first-order valence-corrected chi connectivity index (χ1v) is 6.48. The van der Waals surface area contributed by atoms with Gasteiger partial charge in [-0.3, -0.25) is 14.4 Å². The highest BCUT2D eigenvalue weighted by Crippen LogP contribution is 2.18. The Balaban J connectivity index is 2.59. The fraction of sp³-hybridized carbons (Fsp3) is 0.750. The van der Waals surface area contributed by atoms with Crippen molar-refractivity contribution in [2.75, 3.05) is 19.6 Å². The first-order chi connectivity index (χ1) is 8.90. The molecule has 1 rings (SSSR count). The van der Waals surface area contributed by atoms with E-state index < -0.39 is 11.8 Å². The number of carbonyl (C=O) groups is 3. The standard InChI is InChI=1S/C12H22N4O3/c1-8-3-2-4-15-9(8)5-12(19)16(6-10(13)17)7-11(14)18/h8-9,15H,2-7H2,1H3,(H2,13,17)(H2,14,18). The number of nitrogens with one attached hydrogen (secondary N) is 1. The number of nitrogens with zero attached hydrogens (tertiary/aromatic N) is 1. The van der Waals surface area contributed by atoms with E-state index in [1.54, 1.807) is 0 Å². The first-order valence-electron chi connectivity index (χ1n) is 6.48. The van der Waals surface area contributed by atoms with Gasteiger partial charge in [0, 0.05) is 12.5 Å². The highest BCUT2D eigenvalue weighted by molar-refractivity contribution is 5.88. The van der Waals surface area contributed by atoms with E-state index in [-0.39, 0.29) is 31.5 Å². The number of piperidine rings is 1. The number of amides is 3. The summed E-state index contributed by atoms with van der Waals surface area (Å²) in [5.74, 6) is -1.19. The van der Waals surface area contributed by atoms with Gasteiger partial charge in [0.2, 0.25) is 17.7 Å². The molecular formula is C12H22N4O3. The van der Waals surface area contributed by atoms with Crippen molar-refractivity contribution < 1.29 is 14.4 Å². The van der Waals surface area contributed by atoms with Crippen LogP contribution in [0.25, 0.3) is 0 Å². The second-order valence-corrected chi connectivity index (χ2v) is 5.07. The van der Waals surface area contributed by atoms with E-state index in [2.05, 4.69) is 12.2 Å². The number of nitrogens with two attached hydrogens (primary N) is 2. The molecule has 1 saturated heterocycles. The Bertz CT molecular complexity index is 343. The molecule has 0 aliphatic carbocycles. The van der Waals surface area contributed by atoms with Crippen molar-refractivity contribution in [1.82, 2.24) is 10.2 Å². The lowest BCUT2D eigenvalue weighted by molar-refractivity contribution is -0.138. The summed E-state index contributed by atoms with van der Waals surface area (Å²) in [6.07, 6.45) is 2.41. The van der Waals surface area contributed by atoms with Gasteiger partial charge in [-0.15, -0.1) is 0 Å². The van der Waals surface area contributed by atoms with Crippen molar-refractivity contribution in [3.8, 4) is 0 Å². The topological polar surface area (TPSA) is 119 Å². The summed E-state index contributed by atoms with van der Waals surface area (Å²) in [6.45, 7) is 2.41. The number of hydrogen-bond donors (Lipinski definition) is 3. The third kappa shape index (κ3) is 5.25. The van der Waals surface area contributed by atoms with Gasteiger partial charge >= 0.3 is 0 Å². The zero-order valence-electron chi connectivity index (χ0n) is 11.2. The van der Waals surface area contributed by atoms with Crippen LogP contribution in [0.1, 0.15) is 26.2 Å². The van der Waals surface area contributed by atoms with Gasteiger partial charge in [0.15, 0.2) is 0 Å². The number of rotatable bonds is 6. The molecule has 1 aliphatic rings. The normalized spacial score (nSPS) is 22.8. The summed E-state index contributed by atoms with van der Waals surface area (Å²) in [6, 6.07) is 0.0736. The Kier molecular flexibility index (Phi) is 5.75. The van der Waals surface area contributed by atoms with E-state index in [0.717, 1.165) is 24.3 Å². The van der Waals surface area contributed by atoms with Crippen LogP contribution >= 0.6 is 0 Å². The van der Waals surface area contributed by atoms with E-state index in [0.29, 0.717) is 5.92 Å².